The predicted octanol–water partition coefficient (Wildman–Crippen LogP) is 3.70. The number of nitrogens with zero attached hydrogens (tertiary/aromatic N) is 2. The first-order valence-corrected chi connectivity index (χ1v) is 6.75. The van der Waals surface area contributed by atoms with E-state index in [1.165, 1.54) is 0 Å². The van der Waals surface area contributed by atoms with Crippen LogP contribution in [0.5, 0.6) is 0 Å². The average Bonchev–Trinajstić information content (AvgIpc) is 2.03. The largest absolute Gasteiger partial charge is 0.218 e. The van der Waals surface area contributed by atoms with Crippen molar-refractivity contribution in [1.82, 2.24) is 0 Å². The van der Waals surface area contributed by atoms with Crippen molar-refractivity contribution in [1.29, 1.82) is 0 Å². The third-order valence-electron chi connectivity index (χ3n) is 1.25. The highest BCUT2D eigenvalue weighted by Crippen LogP contribution is 2.30. The molecule has 2 nitrogen and oxygen atoms in total. The molecule has 14 heavy (non-hydrogen) atoms. The Morgan fingerprint density at radius 2 is 1.29 bits per heavy atom. The van der Waals surface area contributed by atoms with Crippen molar-refractivity contribution in [3.8, 4) is 0 Å². The Labute approximate surface area is 104 Å². The van der Waals surface area contributed by atoms with Crippen LogP contribution in [0.4, 0.5) is 0 Å². The van der Waals surface area contributed by atoms with Gasteiger partial charge in [-0.15, -0.1) is 23.5 Å². The normalized spacial score (nSPS) is 15.9. The SMILES string of the molecule is CC(N=C=S)SC(C)SC(C)N=C=S. The molecule has 0 aromatic carbocycles. The maximum atomic E-state index is 4.53. The highest BCUT2D eigenvalue weighted by molar-refractivity contribution is 8.17. The Hall–Kier alpha value is 0.300. The third kappa shape index (κ3) is 7.68. The molecule has 0 fully saturated rings. The van der Waals surface area contributed by atoms with Gasteiger partial charge in [0.05, 0.1) is 14.9 Å². The maximum absolute atomic E-state index is 4.53. The van der Waals surface area contributed by atoms with E-state index >= 15 is 0 Å². The molecule has 78 valence electrons. The molecule has 0 spiro atoms. The third-order valence-corrected chi connectivity index (χ3v) is 3.89. The maximum Gasteiger partial charge on any atom is 0.104 e. The fraction of sp³-hybridized carbons (Fsp3) is 0.750. The molecule has 0 heterocycles. The highest BCUT2D eigenvalue weighted by atomic mass is 32.2. The Balaban J connectivity index is 3.90. The van der Waals surface area contributed by atoms with E-state index in [-0.39, 0.29) is 10.7 Å². The molecule has 0 saturated heterocycles. The molecule has 0 rings (SSSR count). The second-order valence-electron chi connectivity index (χ2n) is 2.48. The molecule has 0 aliphatic carbocycles. The van der Waals surface area contributed by atoms with Crippen molar-refractivity contribution in [3.05, 3.63) is 0 Å². The monoisotopic (exact) mass is 264 g/mol. The first kappa shape index (κ1) is 14.3. The van der Waals surface area contributed by atoms with Crippen molar-refractivity contribution in [3.63, 3.8) is 0 Å². The van der Waals surface area contributed by atoms with Gasteiger partial charge in [0, 0.05) is 0 Å². The van der Waals surface area contributed by atoms with Crippen molar-refractivity contribution < 1.29 is 0 Å². The first-order chi connectivity index (χ1) is 6.60. The topological polar surface area (TPSA) is 24.7 Å². The lowest BCUT2D eigenvalue weighted by Crippen LogP contribution is -2.02. The number of aliphatic imine (C=N–C) groups is 2. The van der Waals surface area contributed by atoms with Crippen LogP contribution in [0.1, 0.15) is 20.8 Å². The molecular weight excluding hydrogens is 252 g/mol. The lowest BCUT2D eigenvalue weighted by molar-refractivity contribution is 1.04. The quantitative estimate of drug-likeness (QED) is 0.415. The van der Waals surface area contributed by atoms with Crippen molar-refractivity contribution in [2.45, 2.75) is 36.1 Å². The lowest BCUT2D eigenvalue weighted by atomic mass is 10.8. The lowest BCUT2D eigenvalue weighted by Gasteiger charge is -2.14. The van der Waals surface area contributed by atoms with E-state index in [1.807, 2.05) is 13.8 Å². The van der Waals surface area contributed by atoms with Crippen molar-refractivity contribution in [2.75, 3.05) is 0 Å². The molecule has 2 atom stereocenters. The first-order valence-electron chi connectivity index (χ1n) is 4.05. The Kier molecular flexibility index (Phi) is 8.78. The summed E-state index contributed by atoms with van der Waals surface area (Å²) in [7, 11) is 0. The van der Waals surface area contributed by atoms with Gasteiger partial charge in [-0.1, -0.05) is 0 Å². The van der Waals surface area contributed by atoms with E-state index in [1.54, 1.807) is 23.5 Å². The minimum absolute atomic E-state index is 0.152. The summed E-state index contributed by atoms with van der Waals surface area (Å²) < 4.78 is 0.402. The van der Waals surface area contributed by atoms with Crippen LogP contribution in [0, 0.1) is 0 Å². The molecule has 0 aliphatic heterocycles. The zero-order valence-corrected chi connectivity index (χ0v) is 11.5. The van der Waals surface area contributed by atoms with Gasteiger partial charge in [0.1, 0.15) is 10.7 Å². The molecule has 0 N–H and O–H groups in total. The standard InChI is InChI=1S/C8H12N2S4/c1-6(9-4-11)13-8(3)14-7(2)10-5-12/h6-8H,1-3H3. The summed E-state index contributed by atoms with van der Waals surface area (Å²) in [6.07, 6.45) is 0. The van der Waals surface area contributed by atoms with Gasteiger partial charge in [0.15, 0.2) is 0 Å². The van der Waals surface area contributed by atoms with E-state index in [9.17, 15) is 0 Å². The fourth-order valence-electron chi connectivity index (χ4n) is 0.796. The fourth-order valence-corrected chi connectivity index (χ4v) is 3.80. The molecule has 0 aromatic rings. The van der Waals surface area contributed by atoms with Crippen LogP contribution in [0.25, 0.3) is 0 Å². The Morgan fingerprint density at radius 3 is 1.57 bits per heavy atom. The molecule has 0 bridgehead atoms. The van der Waals surface area contributed by atoms with Gasteiger partial charge < -0.3 is 0 Å². The van der Waals surface area contributed by atoms with Gasteiger partial charge in [-0.2, -0.15) is 0 Å². The van der Waals surface area contributed by atoms with Gasteiger partial charge in [0.2, 0.25) is 0 Å². The van der Waals surface area contributed by atoms with Crippen LogP contribution < -0.4 is 0 Å². The number of thioether (sulfide) groups is 2. The summed E-state index contributed by atoms with van der Waals surface area (Å²) >= 11 is 12.5. The summed E-state index contributed by atoms with van der Waals surface area (Å²) in [5.74, 6) is 0. The zero-order valence-electron chi connectivity index (χ0n) is 8.26. The molecule has 0 radical (unpaired) electrons. The van der Waals surface area contributed by atoms with Crippen LogP contribution in [-0.2, 0) is 0 Å². The highest BCUT2D eigenvalue weighted by Gasteiger charge is 2.11. The van der Waals surface area contributed by atoms with Crippen LogP contribution in [-0.4, -0.2) is 25.7 Å². The van der Waals surface area contributed by atoms with Gasteiger partial charge >= 0.3 is 0 Å². The second kappa shape index (κ2) is 8.60. The van der Waals surface area contributed by atoms with Crippen LogP contribution in [0.15, 0.2) is 9.98 Å². The van der Waals surface area contributed by atoms with E-state index in [4.69, 9.17) is 0 Å². The molecule has 2 unspecified atom stereocenters. The van der Waals surface area contributed by atoms with Crippen molar-refractivity contribution in [2.24, 2.45) is 9.98 Å². The zero-order chi connectivity index (χ0) is 11.0. The van der Waals surface area contributed by atoms with E-state index < -0.39 is 0 Å². The summed E-state index contributed by atoms with van der Waals surface area (Å²) in [4.78, 5) is 7.93. The van der Waals surface area contributed by atoms with Crippen LogP contribution >= 0.6 is 48.0 Å². The number of isothiocyanates is 2. The van der Waals surface area contributed by atoms with E-state index in [0.29, 0.717) is 4.58 Å². The summed E-state index contributed by atoms with van der Waals surface area (Å²) in [6, 6.07) is 0. The second-order valence-corrected chi connectivity index (χ2v) is 6.47. The molecule has 0 aromatic heterocycles. The summed E-state index contributed by atoms with van der Waals surface area (Å²) in [6.45, 7) is 6.10. The van der Waals surface area contributed by atoms with Gasteiger partial charge in [-0.05, 0) is 45.2 Å². The molecule has 0 saturated carbocycles. The number of hydrogen-bond acceptors (Lipinski definition) is 6. The number of hydrogen-bond donors (Lipinski definition) is 0. The van der Waals surface area contributed by atoms with E-state index in [2.05, 4.69) is 51.7 Å². The van der Waals surface area contributed by atoms with Crippen molar-refractivity contribution >= 4 is 58.3 Å². The Bertz CT molecular complexity index is 230. The van der Waals surface area contributed by atoms with Gasteiger partial charge in [0.25, 0.3) is 0 Å². The number of rotatable bonds is 6. The predicted molar refractivity (Wildman–Crippen MR) is 73.6 cm³/mol. The molecule has 0 amide bonds. The Morgan fingerprint density at radius 1 is 0.929 bits per heavy atom. The minimum Gasteiger partial charge on any atom is -0.218 e. The van der Waals surface area contributed by atoms with Crippen LogP contribution in [0.3, 0.4) is 0 Å². The minimum atomic E-state index is 0.152. The van der Waals surface area contributed by atoms with E-state index in [0.717, 1.165) is 0 Å². The molecule has 6 heteroatoms. The number of thiocarbonyl (C=S) groups is 2. The average molecular weight is 264 g/mol. The van der Waals surface area contributed by atoms with Gasteiger partial charge in [-0.3, -0.25) is 0 Å². The summed E-state index contributed by atoms with van der Waals surface area (Å²) in [5.41, 5.74) is 0. The smallest absolute Gasteiger partial charge is 0.104 e. The van der Waals surface area contributed by atoms with Gasteiger partial charge in [-0.25, -0.2) is 9.98 Å². The molecular formula is C8H12N2S4. The summed E-state index contributed by atoms with van der Waals surface area (Å²) in [5, 5.41) is 5.06. The molecule has 0 aliphatic rings. The van der Waals surface area contributed by atoms with Crippen LogP contribution in [0.2, 0.25) is 0 Å².